The highest BCUT2D eigenvalue weighted by Crippen LogP contribution is 2.35. The number of nitrogens with one attached hydrogen (secondary N) is 1. The fourth-order valence-corrected chi connectivity index (χ4v) is 3.81. The normalized spacial score (nSPS) is 23.4. The van der Waals surface area contributed by atoms with Gasteiger partial charge in [0.05, 0.1) is 12.9 Å². The SMILES string of the molecule is CCS(=O)(=O)NC[C@@H]1CCCN(C)[C@@H]1c1ccc(OC)cc1. The molecule has 124 valence electrons. The van der Waals surface area contributed by atoms with Gasteiger partial charge in [0.25, 0.3) is 0 Å². The predicted octanol–water partition coefficient (Wildman–Crippen LogP) is 2.02. The van der Waals surface area contributed by atoms with Crippen molar-refractivity contribution < 1.29 is 13.2 Å². The average Bonchev–Trinajstić information content (AvgIpc) is 2.53. The summed E-state index contributed by atoms with van der Waals surface area (Å²) in [6.07, 6.45) is 2.13. The molecule has 6 heteroatoms. The van der Waals surface area contributed by atoms with Gasteiger partial charge in [-0.15, -0.1) is 0 Å². The van der Waals surface area contributed by atoms with E-state index in [0.717, 1.165) is 25.1 Å². The van der Waals surface area contributed by atoms with Crippen LogP contribution in [0.15, 0.2) is 24.3 Å². The Labute approximate surface area is 133 Å². The topological polar surface area (TPSA) is 58.6 Å². The fourth-order valence-electron chi connectivity index (χ4n) is 3.14. The zero-order valence-corrected chi connectivity index (χ0v) is 14.4. The number of ether oxygens (including phenoxy) is 1. The van der Waals surface area contributed by atoms with Gasteiger partial charge >= 0.3 is 0 Å². The summed E-state index contributed by atoms with van der Waals surface area (Å²) in [5.74, 6) is 1.25. The number of hydrogen-bond donors (Lipinski definition) is 1. The van der Waals surface area contributed by atoms with Gasteiger partial charge in [-0.05, 0) is 57.0 Å². The number of nitrogens with zero attached hydrogens (tertiary/aromatic N) is 1. The molecule has 0 spiro atoms. The molecule has 0 aliphatic carbocycles. The van der Waals surface area contributed by atoms with Crippen molar-refractivity contribution in [3.8, 4) is 5.75 Å². The molecule has 0 saturated carbocycles. The van der Waals surface area contributed by atoms with Crippen LogP contribution in [0.5, 0.6) is 5.75 Å². The Hall–Kier alpha value is -1.11. The molecule has 1 fully saturated rings. The first-order valence-corrected chi connectivity index (χ1v) is 9.43. The van der Waals surface area contributed by atoms with Gasteiger partial charge in [0, 0.05) is 12.6 Å². The van der Waals surface area contributed by atoms with E-state index in [0.29, 0.717) is 6.54 Å². The number of piperidine rings is 1. The lowest BCUT2D eigenvalue weighted by molar-refractivity contribution is 0.123. The Morgan fingerprint density at radius 1 is 1.32 bits per heavy atom. The number of rotatable bonds is 6. The van der Waals surface area contributed by atoms with Crippen LogP contribution < -0.4 is 9.46 Å². The summed E-state index contributed by atoms with van der Waals surface area (Å²) < 4.78 is 31.4. The molecule has 22 heavy (non-hydrogen) atoms. The van der Waals surface area contributed by atoms with Crippen LogP contribution in [0.1, 0.15) is 31.4 Å². The second-order valence-corrected chi connectivity index (χ2v) is 7.95. The molecular formula is C16H26N2O3S. The first-order chi connectivity index (χ1) is 10.5. The molecule has 5 nitrogen and oxygen atoms in total. The smallest absolute Gasteiger partial charge is 0.211 e. The van der Waals surface area contributed by atoms with Crippen molar-refractivity contribution >= 4 is 10.0 Å². The highest BCUT2D eigenvalue weighted by Gasteiger charge is 2.31. The lowest BCUT2D eigenvalue weighted by Gasteiger charge is -2.39. The second-order valence-electron chi connectivity index (χ2n) is 5.85. The monoisotopic (exact) mass is 326 g/mol. The maximum atomic E-state index is 11.7. The van der Waals surface area contributed by atoms with Crippen molar-refractivity contribution in [2.75, 3.05) is 33.0 Å². The first kappa shape index (κ1) is 17.2. The maximum absolute atomic E-state index is 11.7. The lowest BCUT2D eigenvalue weighted by atomic mass is 9.85. The van der Waals surface area contributed by atoms with Crippen LogP contribution in [0.4, 0.5) is 0 Å². The predicted molar refractivity (Wildman–Crippen MR) is 88.6 cm³/mol. The van der Waals surface area contributed by atoms with Crippen molar-refractivity contribution in [1.82, 2.24) is 9.62 Å². The lowest BCUT2D eigenvalue weighted by Crippen LogP contribution is -2.42. The van der Waals surface area contributed by atoms with Gasteiger partial charge in [0.1, 0.15) is 5.75 Å². The van der Waals surface area contributed by atoms with E-state index >= 15 is 0 Å². The van der Waals surface area contributed by atoms with Gasteiger partial charge in [0.15, 0.2) is 0 Å². The number of methoxy groups -OCH3 is 1. The number of benzene rings is 1. The summed E-state index contributed by atoms with van der Waals surface area (Å²) >= 11 is 0. The average molecular weight is 326 g/mol. The number of likely N-dealkylation sites (tertiary alicyclic amines) is 1. The summed E-state index contributed by atoms with van der Waals surface area (Å²) in [4.78, 5) is 2.32. The summed E-state index contributed by atoms with van der Waals surface area (Å²) in [7, 11) is 0.622. The molecule has 0 radical (unpaired) electrons. The van der Waals surface area contributed by atoms with E-state index in [9.17, 15) is 8.42 Å². The molecule has 1 aromatic carbocycles. The van der Waals surface area contributed by atoms with Crippen molar-refractivity contribution in [1.29, 1.82) is 0 Å². The van der Waals surface area contributed by atoms with E-state index < -0.39 is 10.0 Å². The zero-order valence-electron chi connectivity index (χ0n) is 13.6. The van der Waals surface area contributed by atoms with Gasteiger partial charge in [-0.25, -0.2) is 13.1 Å². The quantitative estimate of drug-likeness (QED) is 0.869. The summed E-state index contributed by atoms with van der Waals surface area (Å²) in [5.41, 5.74) is 1.21. The standard InChI is InChI=1S/C16H26N2O3S/c1-4-22(19,20)17-12-14-6-5-11-18(2)16(14)13-7-9-15(21-3)10-8-13/h7-10,14,16-17H,4-6,11-12H2,1-3H3/t14-,16+/m0/s1. The van der Waals surface area contributed by atoms with E-state index in [-0.39, 0.29) is 17.7 Å². The van der Waals surface area contributed by atoms with Crippen LogP contribution in [0.25, 0.3) is 0 Å². The van der Waals surface area contributed by atoms with Crippen molar-refractivity contribution in [3.05, 3.63) is 29.8 Å². The van der Waals surface area contributed by atoms with E-state index in [1.807, 2.05) is 12.1 Å². The molecule has 1 aromatic rings. The van der Waals surface area contributed by atoms with E-state index in [1.165, 1.54) is 5.56 Å². The molecule has 0 aromatic heterocycles. The van der Waals surface area contributed by atoms with Crippen LogP contribution >= 0.6 is 0 Å². The third-order valence-electron chi connectivity index (χ3n) is 4.41. The van der Waals surface area contributed by atoms with Crippen molar-refractivity contribution in [2.45, 2.75) is 25.8 Å². The Bertz CT molecular complexity index is 572. The van der Waals surface area contributed by atoms with Crippen molar-refractivity contribution in [3.63, 3.8) is 0 Å². The van der Waals surface area contributed by atoms with Crippen molar-refractivity contribution in [2.24, 2.45) is 5.92 Å². The zero-order chi connectivity index (χ0) is 16.2. The Kier molecular flexibility index (Phi) is 5.83. The van der Waals surface area contributed by atoms with Crippen LogP contribution in [0.3, 0.4) is 0 Å². The molecule has 1 aliphatic rings. The highest BCUT2D eigenvalue weighted by atomic mass is 32.2. The van der Waals surface area contributed by atoms with Crippen LogP contribution in [-0.4, -0.2) is 46.3 Å². The van der Waals surface area contributed by atoms with E-state index in [2.05, 4.69) is 28.8 Å². The molecular weight excluding hydrogens is 300 g/mol. The Balaban J connectivity index is 2.15. The van der Waals surface area contributed by atoms with Crippen LogP contribution in [-0.2, 0) is 10.0 Å². The highest BCUT2D eigenvalue weighted by molar-refractivity contribution is 7.89. The number of sulfonamides is 1. The second kappa shape index (κ2) is 7.44. The Morgan fingerprint density at radius 2 is 2.00 bits per heavy atom. The maximum Gasteiger partial charge on any atom is 0.211 e. The molecule has 2 rings (SSSR count). The largest absolute Gasteiger partial charge is 0.497 e. The number of hydrogen-bond acceptors (Lipinski definition) is 4. The van der Waals surface area contributed by atoms with Gasteiger partial charge < -0.3 is 4.74 Å². The summed E-state index contributed by atoms with van der Waals surface area (Å²) in [6.45, 7) is 3.20. The molecule has 0 bridgehead atoms. The third kappa shape index (κ3) is 4.21. The van der Waals surface area contributed by atoms with Gasteiger partial charge in [-0.1, -0.05) is 12.1 Å². The molecule has 2 atom stereocenters. The third-order valence-corrected chi connectivity index (χ3v) is 5.78. The van der Waals surface area contributed by atoms with Gasteiger partial charge in [-0.3, -0.25) is 4.90 Å². The fraction of sp³-hybridized carbons (Fsp3) is 0.625. The first-order valence-electron chi connectivity index (χ1n) is 7.78. The molecule has 0 amide bonds. The van der Waals surface area contributed by atoms with E-state index in [1.54, 1.807) is 14.0 Å². The van der Waals surface area contributed by atoms with E-state index in [4.69, 9.17) is 4.74 Å². The summed E-state index contributed by atoms with van der Waals surface area (Å²) in [5, 5.41) is 0. The molecule has 0 unspecified atom stereocenters. The molecule has 1 saturated heterocycles. The van der Waals surface area contributed by atoms with Crippen LogP contribution in [0.2, 0.25) is 0 Å². The molecule has 1 aliphatic heterocycles. The molecule has 1 heterocycles. The van der Waals surface area contributed by atoms with Gasteiger partial charge in [-0.2, -0.15) is 0 Å². The minimum absolute atomic E-state index is 0.128. The molecule has 1 N–H and O–H groups in total. The minimum atomic E-state index is -3.14. The minimum Gasteiger partial charge on any atom is -0.497 e. The summed E-state index contributed by atoms with van der Waals surface area (Å²) in [6, 6.07) is 8.31. The van der Waals surface area contributed by atoms with Crippen LogP contribution in [0, 0.1) is 5.92 Å². The van der Waals surface area contributed by atoms with Gasteiger partial charge in [0.2, 0.25) is 10.0 Å². The Morgan fingerprint density at radius 3 is 2.59 bits per heavy atom.